The molecule has 24 heavy (non-hydrogen) atoms. The summed E-state index contributed by atoms with van der Waals surface area (Å²) in [5.41, 5.74) is -0.922. The highest BCUT2D eigenvalue weighted by atomic mass is 16.3. The molecule has 1 atom stereocenters. The minimum atomic E-state index is -1.91. The van der Waals surface area contributed by atoms with Gasteiger partial charge in [-0.2, -0.15) is 5.26 Å². The van der Waals surface area contributed by atoms with Gasteiger partial charge in [0.2, 0.25) is 5.78 Å². The Morgan fingerprint density at radius 1 is 1.29 bits per heavy atom. The third-order valence-electron chi connectivity index (χ3n) is 4.12. The van der Waals surface area contributed by atoms with Gasteiger partial charge in [-0.1, -0.05) is 18.2 Å². The molecule has 0 aliphatic carbocycles. The zero-order chi connectivity index (χ0) is 17.2. The number of nitriles is 1. The Morgan fingerprint density at radius 2 is 2.08 bits per heavy atom. The molecule has 3 rings (SSSR count). The molecule has 1 amide bonds. The quantitative estimate of drug-likeness (QED) is 0.650. The van der Waals surface area contributed by atoms with Gasteiger partial charge in [-0.25, -0.2) is 0 Å². The summed E-state index contributed by atoms with van der Waals surface area (Å²) >= 11 is 0. The van der Waals surface area contributed by atoms with Crippen molar-refractivity contribution in [2.24, 2.45) is 0 Å². The number of anilines is 1. The van der Waals surface area contributed by atoms with Crippen LogP contribution in [-0.4, -0.2) is 23.3 Å². The third-order valence-corrected chi connectivity index (χ3v) is 4.12. The Kier molecular flexibility index (Phi) is 4.19. The van der Waals surface area contributed by atoms with Gasteiger partial charge in [0.15, 0.2) is 11.4 Å². The molecule has 0 bridgehead atoms. The van der Waals surface area contributed by atoms with E-state index < -0.39 is 17.3 Å². The lowest BCUT2D eigenvalue weighted by atomic mass is 9.89. The van der Waals surface area contributed by atoms with E-state index in [1.807, 2.05) is 6.07 Å². The smallest absolute Gasteiger partial charge is 0.264 e. The monoisotopic (exact) mass is 324 g/mol. The summed E-state index contributed by atoms with van der Waals surface area (Å²) < 4.78 is 5.06. The minimum Gasteiger partial charge on any atom is -0.461 e. The van der Waals surface area contributed by atoms with Gasteiger partial charge in [-0.15, -0.1) is 0 Å². The van der Waals surface area contributed by atoms with Crippen molar-refractivity contribution in [3.63, 3.8) is 0 Å². The fraction of sp³-hybridized carbons (Fsp3) is 0.278. The van der Waals surface area contributed by atoms with E-state index in [0.717, 1.165) is 0 Å². The van der Waals surface area contributed by atoms with Crippen LogP contribution in [0.1, 0.15) is 35.4 Å². The first-order valence-corrected chi connectivity index (χ1v) is 7.65. The van der Waals surface area contributed by atoms with Gasteiger partial charge < -0.3 is 14.4 Å². The number of hydrogen-bond acceptors (Lipinski definition) is 5. The van der Waals surface area contributed by atoms with Gasteiger partial charge >= 0.3 is 0 Å². The summed E-state index contributed by atoms with van der Waals surface area (Å²) in [5, 5.41) is 19.7. The standard InChI is InChI=1S/C18H16N2O4/c19-9-3-4-10-20-14-7-2-1-6-13(14)18(23,17(20)22)12-15(21)16-8-5-11-24-16/h1-2,5-8,11,23H,3-4,10,12H2. The second-order valence-corrected chi connectivity index (χ2v) is 5.67. The molecule has 0 radical (unpaired) electrons. The number of ketones is 1. The number of furan rings is 1. The number of amides is 1. The van der Waals surface area contributed by atoms with Crippen molar-refractivity contribution in [3.8, 4) is 6.07 Å². The number of nitrogens with zero attached hydrogens (tertiary/aromatic N) is 2. The predicted octanol–water partition coefficient (Wildman–Crippen LogP) is 2.39. The Labute approximate surface area is 138 Å². The van der Waals surface area contributed by atoms with E-state index >= 15 is 0 Å². The molecule has 0 fully saturated rings. The van der Waals surface area contributed by atoms with E-state index in [-0.39, 0.29) is 12.2 Å². The third kappa shape index (κ3) is 2.59. The van der Waals surface area contributed by atoms with Crippen LogP contribution in [0.4, 0.5) is 5.69 Å². The zero-order valence-electron chi connectivity index (χ0n) is 12.9. The number of unbranched alkanes of at least 4 members (excludes halogenated alkanes) is 1. The fourth-order valence-electron chi connectivity index (χ4n) is 2.97. The van der Waals surface area contributed by atoms with E-state index in [0.29, 0.717) is 30.6 Å². The van der Waals surface area contributed by atoms with Crippen molar-refractivity contribution in [2.75, 3.05) is 11.4 Å². The Hall–Kier alpha value is -2.91. The minimum absolute atomic E-state index is 0.108. The Bertz CT molecular complexity index is 807. The number of carbonyl (C=O) groups is 2. The maximum atomic E-state index is 12.8. The van der Waals surface area contributed by atoms with Gasteiger partial charge in [0.25, 0.3) is 5.91 Å². The molecule has 1 aromatic carbocycles. The summed E-state index contributed by atoms with van der Waals surface area (Å²) in [4.78, 5) is 26.6. The van der Waals surface area contributed by atoms with Crippen LogP contribution in [0.5, 0.6) is 0 Å². The molecule has 2 heterocycles. The fourth-order valence-corrected chi connectivity index (χ4v) is 2.97. The molecule has 6 nitrogen and oxygen atoms in total. The molecule has 1 aromatic heterocycles. The number of benzene rings is 1. The number of rotatable bonds is 6. The first-order valence-electron chi connectivity index (χ1n) is 7.65. The van der Waals surface area contributed by atoms with Crippen molar-refractivity contribution in [2.45, 2.75) is 24.9 Å². The average molecular weight is 324 g/mol. The van der Waals surface area contributed by atoms with Gasteiger partial charge in [-0.3, -0.25) is 9.59 Å². The molecule has 122 valence electrons. The summed E-state index contributed by atoms with van der Waals surface area (Å²) in [5.74, 6) is -0.872. The molecule has 1 aliphatic rings. The predicted molar refractivity (Wildman–Crippen MR) is 85.2 cm³/mol. The van der Waals surface area contributed by atoms with Gasteiger partial charge in [0.1, 0.15) is 0 Å². The number of aliphatic hydroxyl groups is 1. The summed E-state index contributed by atoms with van der Waals surface area (Å²) in [7, 11) is 0. The largest absolute Gasteiger partial charge is 0.461 e. The average Bonchev–Trinajstić information content (AvgIpc) is 3.18. The van der Waals surface area contributed by atoms with E-state index in [2.05, 4.69) is 0 Å². The van der Waals surface area contributed by atoms with Gasteiger partial charge in [-0.05, 0) is 24.6 Å². The second kappa shape index (κ2) is 6.30. The van der Waals surface area contributed by atoms with Crippen LogP contribution in [0, 0.1) is 11.3 Å². The summed E-state index contributed by atoms with van der Waals surface area (Å²) in [6, 6.07) is 12.0. The molecular weight excluding hydrogens is 308 g/mol. The van der Waals surface area contributed by atoms with Crippen LogP contribution >= 0.6 is 0 Å². The lowest BCUT2D eigenvalue weighted by molar-refractivity contribution is -0.135. The molecule has 0 saturated carbocycles. The molecule has 6 heteroatoms. The number of fused-ring (bicyclic) bond motifs is 1. The maximum Gasteiger partial charge on any atom is 0.264 e. The molecule has 0 spiro atoms. The molecule has 1 unspecified atom stereocenters. The lowest BCUT2D eigenvalue weighted by Crippen LogP contribution is -2.42. The van der Waals surface area contributed by atoms with Crippen LogP contribution in [0.2, 0.25) is 0 Å². The van der Waals surface area contributed by atoms with Crippen LogP contribution < -0.4 is 4.90 Å². The summed E-state index contributed by atoms with van der Waals surface area (Å²) in [6.45, 7) is 0.320. The zero-order valence-corrected chi connectivity index (χ0v) is 12.9. The molecule has 2 aromatic rings. The highest BCUT2D eigenvalue weighted by Gasteiger charge is 2.50. The Morgan fingerprint density at radius 3 is 2.79 bits per heavy atom. The van der Waals surface area contributed by atoms with E-state index in [9.17, 15) is 14.7 Å². The number of hydrogen-bond donors (Lipinski definition) is 1. The number of Topliss-reactive ketones (excluding diaryl/α,β-unsaturated/α-hetero) is 1. The van der Waals surface area contributed by atoms with E-state index in [1.54, 1.807) is 30.3 Å². The lowest BCUT2D eigenvalue weighted by Gasteiger charge is -2.22. The molecular formula is C18H16N2O4. The van der Waals surface area contributed by atoms with Crippen molar-refractivity contribution in [1.82, 2.24) is 0 Å². The topological polar surface area (TPSA) is 94.5 Å². The van der Waals surface area contributed by atoms with Crippen molar-refractivity contribution >= 4 is 17.4 Å². The van der Waals surface area contributed by atoms with E-state index in [1.165, 1.54) is 17.2 Å². The van der Waals surface area contributed by atoms with Gasteiger partial charge in [0.05, 0.1) is 24.4 Å². The highest BCUT2D eigenvalue weighted by Crippen LogP contribution is 2.42. The first-order chi connectivity index (χ1) is 11.6. The number of para-hydroxylation sites is 1. The maximum absolute atomic E-state index is 12.8. The van der Waals surface area contributed by atoms with E-state index in [4.69, 9.17) is 9.68 Å². The first kappa shape index (κ1) is 16.0. The number of carbonyl (C=O) groups excluding carboxylic acids is 2. The van der Waals surface area contributed by atoms with Crippen LogP contribution in [0.15, 0.2) is 47.1 Å². The molecule has 1 aliphatic heterocycles. The van der Waals surface area contributed by atoms with Crippen LogP contribution in [0.25, 0.3) is 0 Å². The van der Waals surface area contributed by atoms with Crippen molar-refractivity contribution in [3.05, 3.63) is 54.0 Å². The molecule has 0 saturated heterocycles. The molecule has 1 N–H and O–H groups in total. The normalized spacial score (nSPS) is 19.2. The highest BCUT2D eigenvalue weighted by molar-refractivity contribution is 6.10. The van der Waals surface area contributed by atoms with Gasteiger partial charge in [0, 0.05) is 18.5 Å². The van der Waals surface area contributed by atoms with Crippen molar-refractivity contribution < 1.29 is 19.1 Å². The Balaban J connectivity index is 1.91. The summed E-state index contributed by atoms with van der Waals surface area (Å²) in [6.07, 6.45) is 1.80. The second-order valence-electron chi connectivity index (χ2n) is 5.67. The SMILES string of the molecule is N#CCCCN1C(=O)C(O)(CC(=O)c2ccco2)c2ccccc21. The van der Waals surface area contributed by atoms with Crippen LogP contribution in [-0.2, 0) is 10.4 Å². The van der Waals surface area contributed by atoms with Crippen LogP contribution in [0.3, 0.4) is 0 Å². The van der Waals surface area contributed by atoms with Crippen molar-refractivity contribution in [1.29, 1.82) is 5.26 Å².